The summed E-state index contributed by atoms with van der Waals surface area (Å²) in [5, 5.41) is 3.00. The van der Waals surface area contributed by atoms with E-state index in [1.165, 1.54) is 11.6 Å². The van der Waals surface area contributed by atoms with Crippen molar-refractivity contribution in [2.75, 3.05) is 5.32 Å². The zero-order chi connectivity index (χ0) is 23.0. The van der Waals surface area contributed by atoms with Crippen LogP contribution in [0.25, 0.3) is 16.9 Å². The molecule has 0 aliphatic carbocycles. The number of carbonyl (C=O) groups excluding carboxylic acids is 1. The highest BCUT2D eigenvalue weighted by Crippen LogP contribution is 2.28. The molecule has 164 valence electrons. The second kappa shape index (κ2) is 8.23. The number of nitrogens with zero attached hydrogens (tertiary/aromatic N) is 2. The van der Waals surface area contributed by atoms with Crippen LogP contribution < -0.4 is 5.32 Å². The van der Waals surface area contributed by atoms with Crippen LogP contribution in [0.5, 0.6) is 0 Å². The van der Waals surface area contributed by atoms with Crippen molar-refractivity contribution in [3.05, 3.63) is 89.0 Å². The summed E-state index contributed by atoms with van der Waals surface area (Å²) in [6.07, 6.45) is 2.13. The Bertz CT molecular complexity index is 1300. The van der Waals surface area contributed by atoms with E-state index in [9.17, 15) is 9.18 Å². The Balaban J connectivity index is 1.67. The van der Waals surface area contributed by atoms with Gasteiger partial charge in [0.25, 0.3) is 0 Å². The number of benzene rings is 2. The number of fused-ring (bicyclic) bond motifs is 1. The van der Waals surface area contributed by atoms with Crippen LogP contribution in [0.1, 0.15) is 43.2 Å². The van der Waals surface area contributed by atoms with E-state index in [0.29, 0.717) is 11.3 Å². The van der Waals surface area contributed by atoms with Crippen molar-refractivity contribution in [1.29, 1.82) is 0 Å². The van der Waals surface area contributed by atoms with Crippen LogP contribution in [-0.4, -0.2) is 15.3 Å². The molecule has 0 saturated heterocycles. The minimum Gasteiger partial charge on any atom is -0.326 e. The van der Waals surface area contributed by atoms with E-state index in [1.54, 1.807) is 19.1 Å². The van der Waals surface area contributed by atoms with E-state index < -0.39 is 0 Å². The van der Waals surface area contributed by atoms with Gasteiger partial charge in [-0.3, -0.25) is 4.79 Å². The summed E-state index contributed by atoms with van der Waals surface area (Å²) in [7, 11) is 0. The highest BCUT2D eigenvalue weighted by molar-refractivity contribution is 5.93. The van der Waals surface area contributed by atoms with Crippen molar-refractivity contribution < 1.29 is 9.18 Å². The molecule has 0 aliphatic heterocycles. The van der Waals surface area contributed by atoms with E-state index >= 15 is 0 Å². The summed E-state index contributed by atoms with van der Waals surface area (Å²) in [6, 6.07) is 16.8. The number of rotatable bonds is 4. The van der Waals surface area contributed by atoms with Gasteiger partial charge in [-0.25, -0.2) is 9.37 Å². The molecule has 4 aromatic rings. The monoisotopic (exact) mass is 429 g/mol. The molecule has 0 fully saturated rings. The Morgan fingerprint density at radius 2 is 1.75 bits per heavy atom. The molecule has 4 rings (SSSR count). The SMILES string of the molecule is Cc1ccc2nc(-c3ccc(F)c(C)c3)c(CC(=O)Nc3ccc(C(C)(C)C)cc3)n2c1. The first-order valence-corrected chi connectivity index (χ1v) is 10.8. The third-order valence-corrected chi connectivity index (χ3v) is 5.66. The predicted molar refractivity (Wildman–Crippen MR) is 128 cm³/mol. The molecule has 0 saturated carbocycles. The average Bonchev–Trinajstić information content (AvgIpc) is 3.07. The van der Waals surface area contributed by atoms with Crippen molar-refractivity contribution in [2.24, 2.45) is 0 Å². The zero-order valence-corrected chi connectivity index (χ0v) is 19.2. The summed E-state index contributed by atoms with van der Waals surface area (Å²) in [5.41, 5.74) is 6.65. The molecule has 32 heavy (non-hydrogen) atoms. The summed E-state index contributed by atoms with van der Waals surface area (Å²) in [6.45, 7) is 10.2. The van der Waals surface area contributed by atoms with Crippen molar-refractivity contribution >= 4 is 17.2 Å². The third kappa shape index (κ3) is 4.42. The fourth-order valence-corrected chi connectivity index (χ4v) is 3.80. The largest absolute Gasteiger partial charge is 0.326 e. The first-order chi connectivity index (χ1) is 15.1. The lowest BCUT2D eigenvalue weighted by molar-refractivity contribution is -0.115. The van der Waals surface area contributed by atoms with Gasteiger partial charge in [-0.2, -0.15) is 0 Å². The van der Waals surface area contributed by atoms with E-state index in [2.05, 4.69) is 26.1 Å². The molecule has 1 amide bonds. The van der Waals surface area contributed by atoms with Crippen LogP contribution in [0.4, 0.5) is 10.1 Å². The van der Waals surface area contributed by atoms with Crippen LogP contribution in [0, 0.1) is 19.7 Å². The van der Waals surface area contributed by atoms with Gasteiger partial charge in [-0.15, -0.1) is 0 Å². The fourth-order valence-electron chi connectivity index (χ4n) is 3.80. The van der Waals surface area contributed by atoms with Crippen LogP contribution in [0.15, 0.2) is 60.8 Å². The highest BCUT2D eigenvalue weighted by Gasteiger charge is 2.19. The van der Waals surface area contributed by atoms with Crippen molar-refractivity contribution in [3.8, 4) is 11.3 Å². The number of pyridine rings is 1. The third-order valence-electron chi connectivity index (χ3n) is 5.66. The number of nitrogens with one attached hydrogen (secondary N) is 1. The standard InChI is InChI=1S/C27H28FN3O/c1-17-6-13-24-30-26(19-7-12-22(28)18(2)14-19)23(31(24)16-17)15-25(32)29-21-10-8-20(9-11-21)27(3,4)5/h6-14,16H,15H2,1-5H3,(H,29,32). The fraction of sp³-hybridized carbons (Fsp3) is 0.259. The smallest absolute Gasteiger partial charge is 0.230 e. The van der Waals surface area contributed by atoms with Gasteiger partial charge in [0.15, 0.2) is 0 Å². The maximum Gasteiger partial charge on any atom is 0.230 e. The van der Waals surface area contributed by atoms with Crippen LogP contribution in [0.2, 0.25) is 0 Å². The van der Waals surface area contributed by atoms with E-state index in [-0.39, 0.29) is 23.6 Å². The average molecular weight is 430 g/mol. The number of aromatic nitrogens is 2. The maximum atomic E-state index is 13.8. The number of hydrogen-bond donors (Lipinski definition) is 1. The van der Waals surface area contributed by atoms with Crippen molar-refractivity contribution in [1.82, 2.24) is 9.38 Å². The lowest BCUT2D eigenvalue weighted by Crippen LogP contribution is -2.16. The summed E-state index contributed by atoms with van der Waals surface area (Å²) in [5.74, 6) is -0.386. The number of aryl methyl sites for hydroxylation is 2. The van der Waals surface area contributed by atoms with Crippen LogP contribution >= 0.6 is 0 Å². The van der Waals surface area contributed by atoms with Gasteiger partial charge in [-0.1, -0.05) is 39.0 Å². The molecule has 0 aliphatic rings. The summed E-state index contributed by atoms with van der Waals surface area (Å²) >= 11 is 0. The van der Waals surface area contributed by atoms with Gasteiger partial charge in [0.05, 0.1) is 17.8 Å². The number of carbonyl (C=O) groups is 1. The molecule has 5 heteroatoms. The molecule has 2 aromatic heterocycles. The van der Waals surface area contributed by atoms with Crippen molar-refractivity contribution in [2.45, 2.75) is 46.5 Å². The van der Waals surface area contributed by atoms with E-state index in [4.69, 9.17) is 4.98 Å². The minimum atomic E-state index is -0.258. The van der Waals surface area contributed by atoms with Gasteiger partial charge in [0, 0.05) is 17.4 Å². The predicted octanol–water partition coefficient (Wildman–Crippen LogP) is 6.24. The molecular formula is C27H28FN3O. The summed E-state index contributed by atoms with van der Waals surface area (Å²) < 4.78 is 15.8. The molecule has 2 heterocycles. The number of imidazole rings is 1. The Morgan fingerprint density at radius 3 is 2.41 bits per heavy atom. The number of amides is 1. The zero-order valence-electron chi connectivity index (χ0n) is 19.2. The Kier molecular flexibility index (Phi) is 5.59. The second-order valence-corrected chi connectivity index (χ2v) is 9.36. The second-order valence-electron chi connectivity index (χ2n) is 9.36. The molecule has 0 radical (unpaired) electrons. The molecule has 2 aromatic carbocycles. The molecule has 0 atom stereocenters. The first-order valence-electron chi connectivity index (χ1n) is 10.8. The van der Waals surface area contributed by atoms with Gasteiger partial charge >= 0.3 is 0 Å². The first kappa shape index (κ1) is 21.8. The van der Waals surface area contributed by atoms with E-state index in [0.717, 1.165) is 28.2 Å². The quantitative estimate of drug-likeness (QED) is 0.418. The molecule has 0 bridgehead atoms. The summed E-state index contributed by atoms with van der Waals surface area (Å²) in [4.78, 5) is 17.7. The maximum absolute atomic E-state index is 13.8. The molecule has 4 nitrogen and oxygen atoms in total. The van der Waals surface area contributed by atoms with Gasteiger partial charge < -0.3 is 9.72 Å². The Labute approximate surface area is 188 Å². The Hall–Kier alpha value is -3.47. The van der Waals surface area contributed by atoms with Crippen LogP contribution in [-0.2, 0) is 16.6 Å². The number of halogens is 1. The van der Waals surface area contributed by atoms with Gasteiger partial charge in [0.1, 0.15) is 11.5 Å². The Morgan fingerprint density at radius 1 is 1.03 bits per heavy atom. The number of anilines is 1. The highest BCUT2D eigenvalue weighted by atomic mass is 19.1. The van der Waals surface area contributed by atoms with Crippen molar-refractivity contribution in [3.63, 3.8) is 0 Å². The van der Waals surface area contributed by atoms with E-state index in [1.807, 2.05) is 53.9 Å². The molecule has 0 spiro atoms. The molecular weight excluding hydrogens is 401 g/mol. The molecule has 0 unspecified atom stereocenters. The lowest BCUT2D eigenvalue weighted by Gasteiger charge is -2.19. The molecule has 1 N–H and O–H groups in total. The lowest BCUT2D eigenvalue weighted by atomic mass is 9.87. The topological polar surface area (TPSA) is 46.4 Å². The number of hydrogen-bond acceptors (Lipinski definition) is 2. The normalized spacial score (nSPS) is 11.7. The van der Waals surface area contributed by atoms with Gasteiger partial charge in [-0.05, 0) is 72.4 Å². The van der Waals surface area contributed by atoms with Gasteiger partial charge in [0.2, 0.25) is 5.91 Å². The minimum absolute atomic E-state index is 0.0547. The van der Waals surface area contributed by atoms with Crippen LogP contribution in [0.3, 0.4) is 0 Å².